The molecule has 1 aromatic rings. The molecule has 2 aliphatic heterocycles. The fraction of sp³-hybridized carbons (Fsp3) is 0.625. The molecule has 4 rings (SSSR count). The molecule has 1 aromatic heterocycles. The Balaban J connectivity index is 1.41. The minimum Gasteiger partial charge on any atom is -0.368 e. The lowest BCUT2D eigenvalue weighted by Crippen LogP contribution is -2.52. The molecule has 0 spiro atoms. The molecule has 184 valence electrons. The molecule has 6 N–H and O–H groups in total. The highest BCUT2D eigenvalue weighted by Crippen LogP contribution is 2.65. The van der Waals surface area contributed by atoms with Crippen LogP contribution in [0.25, 0.3) is 0 Å². The van der Waals surface area contributed by atoms with E-state index in [2.05, 4.69) is 29.5 Å². The zero-order valence-electron chi connectivity index (χ0n) is 19.7. The van der Waals surface area contributed by atoms with E-state index >= 15 is 0 Å². The molecular weight excluding hydrogens is 436 g/mol. The summed E-state index contributed by atoms with van der Waals surface area (Å²) in [5.41, 5.74) is 12.5. The van der Waals surface area contributed by atoms with Crippen molar-refractivity contribution in [2.45, 2.75) is 57.7 Å². The first-order chi connectivity index (χ1) is 16.1. The molecular formula is C24H34N6O4. The van der Waals surface area contributed by atoms with Crippen LogP contribution in [0.3, 0.4) is 0 Å². The number of hydrogen-bond acceptors (Lipinski definition) is 6. The van der Waals surface area contributed by atoms with Crippen LogP contribution in [0.1, 0.15) is 38.8 Å². The van der Waals surface area contributed by atoms with Crippen LogP contribution in [-0.2, 0) is 25.6 Å². The van der Waals surface area contributed by atoms with E-state index in [1.54, 1.807) is 17.2 Å². The second-order valence-corrected chi connectivity index (χ2v) is 10.4. The molecule has 10 nitrogen and oxygen atoms in total. The molecule has 0 aromatic carbocycles. The third kappa shape index (κ3) is 4.77. The van der Waals surface area contributed by atoms with Gasteiger partial charge in [-0.2, -0.15) is 0 Å². The van der Waals surface area contributed by atoms with Crippen molar-refractivity contribution >= 4 is 23.6 Å². The molecule has 3 aliphatic rings. The summed E-state index contributed by atoms with van der Waals surface area (Å²) >= 11 is 0. The van der Waals surface area contributed by atoms with Crippen LogP contribution in [-0.4, -0.2) is 64.7 Å². The predicted octanol–water partition coefficient (Wildman–Crippen LogP) is -0.679. The van der Waals surface area contributed by atoms with E-state index in [9.17, 15) is 19.2 Å². The van der Waals surface area contributed by atoms with Crippen LogP contribution < -0.4 is 22.1 Å². The number of fused-ring (bicyclic) bond motifs is 1. The Bertz CT molecular complexity index is 967. The first-order valence-corrected chi connectivity index (χ1v) is 11.9. The highest BCUT2D eigenvalue weighted by atomic mass is 16.2. The number of amides is 4. The zero-order valence-corrected chi connectivity index (χ0v) is 19.7. The fourth-order valence-corrected chi connectivity index (χ4v) is 5.82. The number of piperidine rings is 1. The maximum Gasteiger partial charge on any atom is 0.240 e. The number of nitrogens with one attached hydrogen (secondary N) is 2. The summed E-state index contributed by atoms with van der Waals surface area (Å²) in [5.74, 6) is -1.19. The summed E-state index contributed by atoms with van der Waals surface area (Å²) in [4.78, 5) is 56.1. The van der Waals surface area contributed by atoms with Crippen molar-refractivity contribution in [3.05, 3.63) is 30.1 Å². The van der Waals surface area contributed by atoms with Gasteiger partial charge in [0.15, 0.2) is 0 Å². The topological polar surface area (TPSA) is 161 Å². The second kappa shape index (κ2) is 9.32. The lowest BCUT2D eigenvalue weighted by Gasteiger charge is -2.32. The number of carbonyl (C=O) groups excluding carboxylic acids is 4. The molecule has 6 atom stereocenters. The minimum atomic E-state index is -0.929. The van der Waals surface area contributed by atoms with Gasteiger partial charge in [0.2, 0.25) is 23.6 Å². The number of rotatable bonds is 9. The van der Waals surface area contributed by atoms with Gasteiger partial charge in [0, 0.05) is 49.8 Å². The molecule has 0 unspecified atom stereocenters. The monoisotopic (exact) mass is 470 g/mol. The van der Waals surface area contributed by atoms with E-state index in [0.29, 0.717) is 31.8 Å². The van der Waals surface area contributed by atoms with E-state index in [1.165, 1.54) is 0 Å². The molecule has 34 heavy (non-hydrogen) atoms. The summed E-state index contributed by atoms with van der Waals surface area (Å²) in [5, 5.41) is 5.44. The Labute approximate surface area is 199 Å². The quantitative estimate of drug-likeness (QED) is 0.374. The normalized spacial score (nSPS) is 28.6. The van der Waals surface area contributed by atoms with Gasteiger partial charge in [-0.15, -0.1) is 0 Å². The van der Waals surface area contributed by atoms with Crippen LogP contribution in [0, 0.1) is 23.2 Å². The lowest BCUT2D eigenvalue weighted by molar-refractivity contribution is -0.136. The van der Waals surface area contributed by atoms with Gasteiger partial charge in [0.25, 0.3) is 0 Å². The van der Waals surface area contributed by atoms with Gasteiger partial charge in [0.1, 0.15) is 6.04 Å². The van der Waals surface area contributed by atoms with Crippen molar-refractivity contribution in [1.82, 2.24) is 20.5 Å². The van der Waals surface area contributed by atoms with Crippen LogP contribution in [0.4, 0.5) is 0 Å². The van der Waals surface area contributed by atoms with Gasteiger partial charge in [-0.25, -0.2) is 0 Å². The molecule has 2 saturated heterocycles. The van der Waals surface area contributed by atoms with Crippen molar-refractivity contribution in [3.63, 3.8) is 0 Å². The van der Waals surface area contributed by atoms with E-state index < -0.39 is 18.0 Å². The predicted molar refractivity (Wildman–Crippen MR) is 124 cm³/mol. The maximum absolute atomic E-state index is 13.2. The standard InChI is InChI=1S/C24H34N6O4/c1-24(2)15-12-30(23(34)16(25)10-14-5-3-4-7-27-14)18(20(15)24)11-19(31)29-17(21(26)32)9-13-6-8-28-22(13)33/h3-5,7,13,15-18,20H,6,8-12,25H2,1-2H3,(H2,26,32)(H,28,33)(H,29,31)/t13-,15-,16-,17-,18+,20-/m0/s1. The number of aromatic nitrogens is 1. The molecule has 10 heteroatoms. The number of primary amides is 1. The van der Waals surface area contributed by atoms with Crippen LogP contribution in [0.5, 0.6) is 0 Å². The van der Waals surface area contributed by atoms with Gasteiger partial charge >= 0.3 is 0 Å². The van der Waals surface area contributed by atoms with E-state index in [-0.39, 0.29) is 53.9 Å². The van der Waals surface area contributed by atoms with E-state index in [1.807, 2.05) is 12.1 Å². The maximum atomic E-state index is 13.2. The lowest BCUT2D eigenvalue weighted by atomic mass is 9.96. The Morgan fingerprint density at radius 3 is 2.71 bits per heavy atom. The van der Waals surface area contributed by atoms with Gasteiger partial charge < -0.3 is 27.0 Å². The highest BCUT2D eigenvalue weighted by molar-refractivity contribution is 5.89. The van der Waals surface area contributed by atoms with Crippen molar-refractivity contribution in [1.29, 1.82) is 0 Å². The third-order valence-corrected chi connectivity index (χ3v) is 7.86. The first kappa shape index (κ1) is 24.1. The number of pyridine rings is 1. The summed E-state index contributed by atoms with van der Waals surface area (Å²) in [6, 6.07) is 3.51. The van der Waals surface area contributed by atoms with Gasteiger partial charge in [-0.05, 0) is 42.2 Å². The summed E-state index contributed by atoms with van der Waals surface area (Å²) in [7, 11) is 0. The van der Waals surface area contributed by atoms with E-state index in [0.717, 1.165) is 5.69 Å². The second-order valence-electron chi connectivity index (χ2n) is 10.4. The van der Waals surface area contributed by atoms with Crippen LogP contribution in [0.15, 0.2) is 24.4 Å². The Kier molecular flexibility index (Phi) is 6.62. The van der Waals surface area contributed by atoms with Crippen molar-refractivity contribution < 1.29 is 19.2 Å². The highest BCUT2D eigenvalue weighted by Gasteiger charge is 2.67. The number of hydrogen-bond donors (Lipinski definition) is 4. The molecule has 3 heterocycles. The number of nitrogens with zero attached hydrogens (tertiary/aromatic N) is 2. The third-order valence-electron chi connectivity index (χ3n) is 7.86. The van der Waals surface area contributed by atoms with Crippen LogP contribution >= 0.6 is 0 Å². The Morgan fingerprint density at radius 2 is 2.09 bits per heavy atom. The molecule has 3 fully saturated rings. The molecule has 4 amide bonds. The van der Waals surface area contributed by atoms with E-state index in [4.69, 9.17) is 11.5 Å². The molecule has 1 saturated carbocycles. The van der Waals surface area contributed by atoms with Gasteiger partial charge in [-0.3, -0.25) is 24.2 Å². The van der Waals surface area contributed by atoms with Crippen molar-refractivity contribution in [3.8, 4) is 0 Å². The SMILES string of the molecule is CC1(C)[C@@H]2[C@@H](CC(=O)N[C@@H](C[C@@H]3CCNC3=O)C(N)=O)N(C(=O)[C@@H](N)Cc3ccccn3)C[C@@H]21. The zero-order chi connectivity index (χ0) is 24.6. The van der Waals surface area contributed by atoms with Crippen LogP contribution in [0.2, 0.25) is 0 Å². The Morgan fingerprint density at radius 1 is 1.32 bits per heavy atom. The van der Waals surface area contributed by atoms with Gasteiger partial charge in [0.05, 0.1) is 6.04 Å². The van der Waals surface area contributed by atoms with Crippen molar-refractivity contribution in [2.75, 3.05) is 13.1 Å². The molecule has 0 radical (unpaired) electrons. The van der Waals surface area contributed by atoms with Gasteiger partial charge in [-0.1, -0.05) is 19.9 Å². The first-order valence-electron chi connectivity index (χ1n) is 11.9. The summed E-state index contributed by atoms with van der Waals surface area (Å²) in [6.07, 6.45) is 2.83. The van der Waals surface area contributed by atoms with Crippen molar-refractivity contribution in [2.24, 2.45) is 34.6 Å². The number of likely N-dealkylation sites (tertiary alicyclic amines) is 1. The summed E-state index contributed by atoms with van der Waals surface area (Å²) < 4.78 is 0. The molecule has 1 aliphatic carbocycles. The number of carbonyl (C=O) groups is 4. The summed E-state index contributed by atoms with van der Waals surface area (Å²) in [6.45, 7) is 5.41. The number of nitrogens with two attached hydrogens (primary N) is 2. The average Bonchev–Trinajstić information content (AvgIpc) is 3.10. The Hall–Kier alpha value is -3.01. The fourth-order valence-electron chi connectivity index (χ4n) is 5.82. The minimum absolute atomic E-state index is 0.0395. The average molecular weight is 471 g/mol. The smallest absolute Gasteiger partial charge is 0.240 e. The largest absolute Gasteiger partial charge is 0.368 e. The molecule has 0 bridgehead atoms.